The van der Waals surface area contributed by atoms with Crippen LogP contribution in [-0.2, 0) is 11.3 Å². The molecule has 0 N–H and O–H groups in total. The van der Waals surface area contributed by atoms with E-state index in [0.29, 0.717) is 18.3 Å². The van der Waals surface area contributed by atoms with Gasteiger partial charge in [0, 0.05) is 52.4 Å². The van der Waals surface area contributed by atoms with Gasteiger partial charge in [-0.15, -0.1) is 10.2 Å². The number of piperazine rings is 1. The van der Waals surface area contributed by atoms with Gasteiger partial charge in [0.1, 0.15) is 5.82 Å². The minimum Gasteiger partial charge on any atom is -0.424 e. The molecule has 2 aliphatic heterocycles. The summed E-state index contributed by atoms with van der Waals surface area (Å²) in [6.45, 7) is 9.41. The lowest BCUT2D eigenvalue weighted by Gasteiger charge is -2.34. The standard InChI is InChI=1S/C16H23N7O2/c1-13-19-20-15(25-13)12-21-4-6-23(7-5-21)16-17-3-2-14(18-16)22-8-10-24-11-9-22/h2-3H,4-12H2,1H3. The Bertz CT molecular complexity index is 693. The van der Waals surface area contributed by atoms with Crippen LogP contribution in [0.15, 0.2) is 16.7 Å². The van der Waals surface area contributed by atoms with E-state index >= 15 is 0 Å². The number of hydrogen-bond acceptors (Lipinski definition) is 9. The molecule has 0 saturated carbocycles. The van der Waals surface area contributed by atoms with E-state index in [9.17, 15) is 0 Å². The van der Waals surface area contributed by atoms with Crippen molar-refractivity contribution in [3.8, 4) is 0 Å². The van der Waals surface area contributed by atoms with Gasteiger partial charge >= 0.3 is 0 Å². The Morgan fingerprint density at radius 2 is 1.80 bits per heavy atom. The van der Waals surface area contributed by atoms with Gasteiger partial charge in [-0.25, -0.2) is 4.98 Å². The van der Waals surface area contributed by atoms with Gasteiger partial charge in [0.15, 0.2) is 0 Å². The van der Waals surface area contributed by atoms with E-state index in [1.54, 1.807) is 0 Å². The first-order valence-corrected chi connectivity index (χ1v) is 8.70. The van der Waals surface area contributed by atoms with E-state index < -0.39 is 0 Å². The Labute approximate surface area is 146 Å². The molecule has 4 heterocycles. The molecule has 2 saturated heterocycles. The molecule has 0 amide bonds. The van der Waals surface area contributed by atoms with Gasteiger partial charge in [0.05, 0.1) is 19.8 Å². The van der Waals surface area contributed by atoms with E-state index in [1.807, 2.05) is 19.2 Å². The molecule has 2 fully saturated rings. The highest BCUT2D eigenvalue weighted by Crippen LogP contribution is 2.18. The van der Waals surface area contributed by atoms with Crippen LogP contribution in [0, 0.1) is 6.92 Å². The first-order chi connectivity index (χ1) is 12.3. The lowest BCUT2D eigenvalue weighted by atomic mass is 10.3. The summed E-state index contributed by atoms with van der Waals surface area (Å²) in [5, 5.41) is 7.95. The van der Waals surface area contributed by atoms with Crippen molar-refractivity contribution in [3.05, 3.63) is 24.0 Å². The van der Waals surface area contributed by atoms with Gasteiger partial charge in [0.2, 0.25) is 17.7 Å². The first-order valence-electron chi connectivity index (χ1n) is 8.70. The molecule has 0 bridgehead atoms. The van der Waals surface area contributed by atoms with E-state index in [0.717, 1.165) is 64.2 Å². The van der Waals surface area contributed by atoms with Gasteiger partial charge in [-0.05, 0) is 6.07 Å². The Kier molecular flexibility index (Phi) is 4.75. The van der Waals surface area contributed by atoms with E-state index in [2.05, 4.69) is 29.9 Å². The zero-order valence-electron chi connectivity index (χ0n) is 14.5. The molecule has 9 heteroatoms. The van der Waals surface area contributed by atoms with Crippen molar-refractivity contribution in [2.75, 3.05) is 62.3 Å². The van der Waals surface area contributed by atoms with Crippen molar-refractivity contribution in [1.82, 2.24) is 25.1 Å². The number of aryl methyl sites for hydroxylation is 1. The highest BCUT2D eigenvalue weighted by Gasteiger charge is 2.21. The van der Waals surface area contributed by atoms with Crippen LogP contribution in [0.5, 0.6) is 0 Å². The maximum atomic E-state index is 5.46. The summed E-state index contributed by atoms with van der Waals surface area (Å²) in [4.78, 5) is 16.0. The minimum atomic E-state index is 0.613. The van der Waals surface area contributed by atoms with Crippen LogP contribution >= 0.6 is 0 Å². The summed E-state index contributed by atoms with van der Waals surface area (Å²) in [5.74, 6) is 3.08. The molecule has 9 nitrogen and oxygen atoms in total. The van der Waals surface area contributed by atoms with Crippen LogP contribution in [0.2, 0.25) is 0 Å². The van der Waals surface area contributed by atoms with Crippen LogP contribution in [0.25, 0.3) is 0 Å². The minimum absolute atomic E-state index is 0.613. The maximum Gasteiger partial charge on any atom is 0.230 e. The third kappa shape index (κ3) is 3.88. The third-order valence-corrected chi connectivity index (χ3v) is 4.55. The average molecular weight is 345 g/mol. The molecule has 0 unspecified atom stereocenters. The van der Waals surface area contributed by atoms with E-state index in [4.69, 9.17) is 14.1 Å². The second-order valence-corrected chi connectivity index (χ2v) is 6.29. The monoisotopic (exact) mass is 345 g/mol. The maximum absolute atomic E-state index is 5.46. The summed E-state index contributed by atoms with van der Waals surface area (Å²) in [5.41, 5.74) is 0. The Morgan fingerprint density at radius 3 is 2.52 bits per heavy atom. The zero-order chi connectivity index (χ0) is 17.1. The molecule has 0 spiro atoms. The van der Waals surface area contributed by atoms with Crippen molar-refractivity contribution in [2.45, 2.75) is 13.5 Å². The van der Waals surface area contributed by atoms with Crippen LogP contribution < -0.4 is 9.80 Å². The molecule has 25 heavy (non-hydrogen) atoms. The molecular formula is C16H23N7O2. The van der Waals surface area contributed by atoms with E-state index in [1.165, 1.54) is 0 Å². The summed E-state index contributed by atoms with van der Waals surface area (Å²) in [6, 6.07) is 1.98. The number of ether oxygens (including phenoxy) is 1. The highest BCUT2D eigenvalue weighted by atomic mass is 16.5. The fourth-order valence-electron chi connectivity index (χ4n) is 3.16. The fourth-order valence-corrected chi connectivity index (χ4v) is 3.16. The first kappa shape index (κ1) is 16.2. The van der Waals surface area contributed by atoms with Crippen LogP contribution in [-0.4, -0.2) is 77.5 Å². The SMILES string of the molecule is Cc1nnc(CN2CCN(c3nccc(N4CCOCC4)n3)CC2)o1. The van der Waals surface area contributed by atoms with Gasteiger partial charge in [0.25, 0.3) is 0 Å². The topological polar surface area (TPSA) is 83.7 Å². The molecule has 0 radical (unpaired) electrons. The summed E-state index contributed by atoms with van der Waals surface area (Å²) in [7, 11) is 0. The van der Waals surface area contributed by atoms with Crippen LogP contribution in [0.4, 0.5) is 11.8 Å². The number of rotatable bonds is 4. The van der Waals surface area contributed by atoms with Gasteiger partial charge < -0.3 is 19.0 Å². The molecule has 134 valence electrons. The van der Waals surface area contributed by atoms with Gasteiger partial charge in [-0.2, -0.15) is 4.98 Å². The van der Waals surface area contributed by atoms with Crippen molar-refractivity contribution < 1.29 is 9.15 Å². The van der Waals surface area contributed by atoms with Gasteiger partial charge in [-0.1, -0.05) is 0 Å². The molecular weight excluding hydrogens is 322 g/mol. The normalized spacial score (nSPS) is 19.4. The molecule has 2 aromatic rings. The summed E-state index contributed by atoms with van der Waals surface area (Å²) < 4.78 is 10.9. The summed E-state index contributed by atoms with van der Waals surface area (Å²) >= 11 is 0. The quantitative estimate of drug-likeness (QED) is 0.778. The third-order valence-electron chi connectivity index (χ3n) is 4.55. The number of nitrogens with zero attached hydrogens (tertiary/aromatic N) is 7. The van der Waals surface area contributed by atoms with Crippen molar-refractivity contribution in [3.63, 3.8) is 0 Å². The smallest absolute Gasteiger partial charge is 0.230 e. The highest BCUT2D eigenvalue weighted by molar-refractivity contribution is 5.44. The fraction of sp³-hybridized carbons (Fsp3) is 0.625. The van der Waals surface area contributed by atoms with Gasteiger partial charge in [-0.3, -0.25) is 4.90 Å². The number of anilines is 2. The predicted molar refractivity (Wildman–Crippen MR) is 91.6 cm³/mol. The van der Waals surface area contributed by atoms with Crippen LogP contribution in [0.1, 0.15) is 11.8 Å². The largest absolute Gasteiger partial charge is 0.424 e. The zero-order valence-corrected chi connectivity index (χ0v) is 14.5. The second-order valence-electron chi connectivity index (χ2n) is 6.29. The number of hydrogen-bond donors (Lipinski definition) is 0. The molecule has 4 rings (SSSR count). The molecule has 0 aromatic carbocycles. The molecule has 0 aliphatic carbocycles. The van der Waals surface area contributed by atoms with Crippen molar-refractivity contribution in [1.29, 1.82) is 0 Å². The average Bonchev–Trinajstić information content (AvgIpc) is 3.08. The van der Waals surface area contributed by atoms with Crippen LogP contribution in [0.3, 0.4) is 0 Å². The molecule has 0 atom stereocenters. The Morgan fingerprint density at radius 1 is 1.00 bits per heavy atom. The summed E-state index contributed by atoms with van der Waals surface area (Å²) in [6.07, 6.45) is 1.85. The Hall–Kier alpha value is -2.26. The number of aromatic nitrogens is 4. The second kappa shape index (κ2) is 7.32. The predicted octanol–water partition coefficient (Wildman–Crippen LogP) is 0.327. The Balaban J connectivity index is 1.35. The van der Waals surface area contributed by atoms with Crippen molar-refractivity contribution >= 4 is 11.8 Å². The lowest BCUT2D eigenvalue weighted by molar-refractivity contribution is 0.122. The molecule has 2 aromatic heterocycles. The van der Waals surface area contributed by atoms with E-state index in [-0.39, 0.29) is 0 Å². The lowest BCUT2D eigenvalue weighted by Crippen LogP contribution is -2.46. The molecule has 2 aliphatic rings. The number of morpholine rings is 1. The van der Waals surface area contributed by atoms with Crippen molar-refractivity contribution in [2.24, 2.45) is 0 Å².